The van der Waals surface area contributed by atoms with E-state index in [-0.39, 0.29) is 115 Å². The van der Waals surface area contributed by atoms with Crippen molar-refractivity contribution >= 4 is 59.1 Å². The van der Waals surface area contributed by atoms with Crippen molar-refractivity contribution < 1.29 is 48.3 Å². The molecule has 0 unspecified atom stereocenters. The number of nitrogens with two attached hydrogens (primary N) is 6. The highest BCUT2D eigenvalue weighted by atomic mass is 16.3. The summed E-state index contributed by atoms with van der Waals surface area (Å²) in [5.74, 6) is -7.50. The van der Waals surface area contributed by atoms with Crippen LogP contribution in [0.2, 0.25) is 0 Å². The van der Waals surface area contributed by atoms with Crippen LogP contribution in [-0.4, -0.2) is 158 Å². The summed E-state index contributed by atoms with van der Waals surface area (Å²) in [4.78, 5) is 130. The molecule has 0 bridgehead atoms. The molecule has 1 aliphatic rings. The van der Waals surface area contributed by atoms with Crippen molar-refractivity contribution in [2.45, 2.75) is 178 Å². The highest BCUT2D eigenvalue weighted by Gasteiger charge is 2.35. The molecular formula is C51H90N16O10. The maximum absolute atomic E-state index is 14.4. The van der Waals surface area contributed by atoms with E-state index in [0.29, 0.717) is 18.4 Å². The topological polar surface area (TPSA) is 451 Å². The fraction of sp³-hybridized carbons (Fsp3) is 0.686. The third-order valence-corrected chi connectivity index (χ3v) is 12.6. The molecule has 2 rings (SSSR count). The van der Waals surface area contributed by atoms with Crippen molar-refractivity contribution in [3.63, 3.8) is 0 Å². The Hall–Kier alpha value is -6.48. The Kier molecular flexibility index (Phi) is 32.3. The number of aliphatic hydroxyl groups excluding tert-OH is 1. The summed E-state index contributed by atoms with van der Waals surface area (Å²) in [6.45, 7) is 5.11. The zero-order valence-electron chi connectivity index (χ0n) is 45.2. The number of carbonyl (C=O) groups is 9. The number of unbranched alkanes of at least 4 members (excludes halogenated alkanes) is 4. The van der Waals surface area contributed by atoms with Crippen LogP contribution in [0.15, 0.2) is 35.3 Å². The highest BCUT2D eigenvalue weighted by molar-refractivity contribution is 5.98. The molecule has 26 nitrogen and oxygen atoms in total. The van der Waals surface area contributed by atoms with Crippen molar-refractivity contribution in [2.75, 3.05) is 39.3 Å². The van der Waals surface area contributed by atoms with E-state index in [2.05, 4.69) is 59.8 Å². The molecule has 0 radical (unpaired) electrons. The Morgan fingerprint density at radius 3 is 1.68 bits per heavy atom. The zero-order chi connectivity index (χ0) is 57.3. The van der Waals surface area contributed by atoms with Gasteiger partial charge in [-0.1, -0.05) is 83.2 Å². The second kappa shape index (κ2) is 37.3. The van der Waals surface area contributed by atoms with Crippen molar-refractivity contribution in [1.29, 1.82) is 0 Å². The number of nitrogens with one attached hydrogen (secondary N) is 9. The first kappa shape index (κ1) is 66.6. The molecule has 0 aliphatic carbocycles. The van der Waals surface area contributed by atoms with Crippen molar-refractivity contribution in [3.8, 4) is 0 Å². The molecule has 9 amide bonds. The largest absolute Gasteiger partial charge is 0.393 e. The second-order valence-electron chi connectivity index (χ2n) is 19.8. The number of hydrogen-bond acceptors (Lipinski definition) is 15. The van der Waals surface area contributed by atoms with Crippen molar-refractivity contribution in [3.05, 3.63) is 35.9 Å². The van der Waals surface area contributed by atoms with Crippen LogP contribution in [0.4, 0.5) is 0 Å². The number of hydrogen-bond donors (Lipinski definition) is 16. The molecular weight excluding hydrogens is 997 g/mol. The molecule has 77 heavy (non-hydrogen) atoms. The predicted molar refractivity (Wildman–Crippen MR) is 291 cm³/mol. The van der Waals surface area contributed by atoms with Gasteiger partial charge in [-0.25, -0.2) is 0 Å². The minimum atomic E-state index is -1.51. The lowest BCUT2D eigenvalue weighted by Gasteiger charge is -2.28. The number of aliphatic imine (C=N–C) groups is 1. The van der Waals surface area contributed by atoms with Crippen LogP contribution in [-0.2, 0) is 49.6 Å². The van der Waals surface area contributed by atoms with Crippen LogP contribution >= 0.6 is 0 Å². The zero-order valence-corrected chi connectivity index (χ0v) is 45.2. The van der Waals surface area contributed by atoms with Crippen LogP contribution in [0, 0.1) is 5.92 Å². The van der Waals surface area contributed by atoms with E-state index in [1.54, 1.807) is 30.3 Å². The minimum absolute atomic E-state index is 0.0255. The van der Waals surface area contributed by atoms with Gasteiger partial charge in [0.2, 0.25) is 53.2 Å². The fourth-order valence-electron chi connectivity index (χ4n) is 8.47. The molecule has 22 N–H and O–H groups in total. The molecule has 1 aromatic carbocycles. The van der Waals surface area contributed by atoms with Gasteiger partial charge in [0.05, 0.1) is 12.5 Å². The highest BCUT2D eigenvalue weighted by Crippen LogP contribution is 2.13. The Morgan fingerprint density at radius 2 is 1.14 bits per heavy atom. The second-order valence-corrected chi connectivity index (χ2v) is 19.8. The quantitative estimate of drug-likeness (QED) is 0.0229. The Balaban J connectivity index is 2.72. The first-order valence-corrected chi connectivity index (χ1v) is 27.0. The van der Waals surface area contributed by atoms with Gasteiger partial charge in [-0.3, -0.25) is 48.1 Å². The Labute approximate surface area is 452 Å². The van der Waals surface area contributed by atoms with Gasteiger partial charge in [0, 0.05) is 19.5 Å². The first-order chi connectivity index (χ1) is 36.8. The summed E-state index contributed by atoms with van der Waals surface area (Å²) in [7, 11) is 0. The standard InChI is InChI=1S/C51H90N16O10/c1-4-5-6-7-11-15-33(68)30-42(69)60-35(17-22-52)44(71)65-39-21-27-58-43(70)34(16-12-26-59-51(56)57)61-45(72)36(18-23-53)62-46(73)37(19-24-54)64-49(76)40(28-31(2)3)66-50(77)41(29-32-13-9-8-10-14-32)67-47(74)38(20-25-55)63-48(39)75/h8-10,13-14,31,33-41,68H,4-7,11-12,15-30,52-55H2,1-3H3,(H,58,70)(H,60,69)(H,61,72)(H,62,73)(H,63,75)(H,64,76)(H,65,71)(H,66,77)(H,67,74)(H4,56,57,59)/t33-,34+,35-,36+,37+,38+,39+,40+,41-/m1/s1. The average Bonchev–Trinajstić information content (AvgIpc) is 3.37. The number of carbonyl (C=O) groups excluding carboxylic acids is 9. The van der Waals surface area contributed by atoms with Crippen LogP contribution in [0.3, 0.4) is 0 Å². The van der Waals surface area contributed by atoms with Crippen LogP contribution in [0.1, 0.15) is 123 Å². The molecule has 0 saturated carbocycles. The fourth-order valence-corrected chi connectivity index (χ4v) is 8.47. The van der Waals surface area contributed by atoms with Gasteiger partial charge in [0.15, 0.2) is 5.96 Å². The summed E-state index contributed by atoms with van der Waals surface area (Å²) in [5, 5.41) is 34.6. The SMILES string of the molecule is CCCCCCC[C@@H](O)CC(=O)N[C@H](CCN)C(=O)N[C@H]1CCNC(=O)[C@H](CCCN=C(N)N)NC(=O)[C@H](CCN)NC(=O)[C@H](CCN)NC(=O)[C@H](CC(C)C)NC(=O)[C@@H](Cc2ccccc2)NC(=O)[C@H](CCN)NC1=O. The number of amides is 9. The summed E-state index contributed by atoms with van der Waals surface area (Å²) >= 11 is 0. The van der Waals surface area contributed by atoms with E-state index in [4.69, 9.17) is 34.4 Å². The molecule has 434 valence electrons. The lowest BCUT2D eigenvalue weighted by atomic mass is 10.00. The van der Waals surface area contributed by atoms with Crippen LogP contribution in [0.5, 0.6) is 0 Å². The number of nitrogens with zero attached hydrogens (tertiary/aromatic N) is 1. The Morgan fingerprint density at radius 1 is 0.636 bits per heavy atom. The number of rotatable bonds is 27. The van der Waals surface area contributed by atoms with Gasteiger partial charge in [-0.15, -0.1) is 0 Å². The molecule has 1 heterocycles. The van der Waals surface area contributed by atoms with E-state index in [9.17, 15) is 48.3 Å². The summed E-state index contributed by atoms with van der Waals surface area (Å²) in [5.41, 5.74) is 35.3. The summed E-state index contributed by atoms with van der Waals surface area (Å²) in [6, 6.07) is -2.00. The van der Waals surface area contributed by atoms with Gasteiger partial charge in [-0.2, -0.15) is 0 Å². The minimum Gasteiger partial charge on any atom is -0.393 e. The van der Waals surface area contributed by atoms with Gasteiger partial charge in [0.1, 0.15) is 48.3 Å². The monoisotopic (exact) mass is 1090 g/mol. The summed E-state index contributed by atoms with van der Waals surface area (Å²) in [6.07, 6.45) is 3.28. The lowest BCUT2D eigenvalue weighted by Crippen LogP contribution is -2.61. The van der Waals surface area contributed by atoms with Crippen molar-refractivity contribution in [2.24, 2.45) is 45.3 Å². The van der Waals surface area contributed by atoms with Gasteiger partial charge in [0.25, 0.3) is 0 Å². The van der Waals surface area contributed by atoms with Gasteiger partial charge >= 0.3 is 0 Å². The molecule has 1 saturated heterocycles. The predicted octanol–water partition coefficient (Wildman–Crippen LogP) is -3.77. The normalized spacial score (nSPS) is 22.4. The maximum atomic E-state index is 14.4. The van der Waals surface area contributed by atoms with Gasteiger partial charge in [-0.05, 0) is 95.4 Å². The van der Waals surface area contributed by atoms with Crippen LogP contribution < -0.4 is 82.3 Å². The molecule has 26 heteroatoms. The molecule has 0 spiro atoms. The van der Waals surface area contributed by atoms with E-state index >= 15 is 0 Å². The number of benzene rings is 1. The molecule has 1 aromatic rings. The van der Waals surface area contributed by atoms with Crippen LogP contribution in [0.25, 0.3) is 0 Å². The molecule has 9 atom stereocenters. The van der Waals surface area contributed by atoms with Gasteiger partial charge < -0.3 is 87.4 Å². The van der Waals surface area contributed by atoms with E-state index in [1.807, 2.05) is 13.8 Å². The third-order valence-electron chi connectivity index (χ3n) is 12.6. The Bertz CT molecular complexity index is 2050. The first-order valence-electron chi connectivity index (χ1n) is 27.0. The third kappa shape index (κ3) is 26.4. The van der Waals surface area contributed by atoms with E-state index in [0.717, 1.165) is 25.7 Å². The molecule has 1 fully saturated rings. The maximum Gasteiger partial charge on any atom is 0.243 e. The van der Waals surface area contributed by atoms with E-state index in [1.165, 1.54) is 0 Å². The molecule has 1 aliphatic heterocycles. The summed E-state index contributed by atoms with van der Waals surface area (Å²) < 4.78 is 0. The van der Waals surface area contributed by atoms with E-state index < -0.39 is 108 Å². The molecule has 0 aromatic heterocycles. The smallest absolute Gasteiger partial charge is 0.243 e. The number of aliphatic hydroxyl groups is 1. The number of guanidine groups is 1. The average molecular weight is 1090 g/mol. The lowest BCUT2D eigenvalue weighted by molar-refractivity contribution is -0.136. The van der Waals surface area contributed by atoms with Crippen molar-refractivity contribution in [1.82, 2.24) is 47.9 Å².